The van der Waals surface area contributed by atoms with Crippen molar-refractivity contribution >= 4 is 11.8 Å². The highest BCUT2D eigenvalue weighted by molar-refractivity contribution is 8.00. The summed E-state index contributed by atoms with van der Waals surface area (Å²) in [4.78, 5) is 4.20. The predicted octanol–water partition coefficient (Wildman–Crippen LogP) is 4.28. The van der Waals surface area contributed by atoms with Gasteiger partial charge in [-0.05, 0) is 18.9 Å². The lowest BCUT2D eigenvalue weighted by molar-refractivity contribution is -0.274. The predicted molar refractivity (Wildman–Crippen MR) is 68.4 cm³/mol. The summed E-state index contributed by atoms with van der Waals surface area (Å²) >= 11 is 1.42. The number of aromatic nitrogens is 1. The van der Waals surface area contributed by atoms with Gasteiger partial charge in [0.1, 0.15) is 11.8 Å². The normalized spacial score (nSPS) is 16.7. The lowest BCUT2D eigenvalue weighted by atomic mass is 10.0. The first kappa shape index (κ1) is 15.0. The van der Waals surface area contributed by atoms with Gasteiger partial charge in [0, 0.05) is 10.1 Å². The summed E-state index contributed by atoms with van der Waals surface area (Å²) < 4.78 is 40.4. The molecule has 0 unspecified atom stereocenters. The molecule has 20 heavy (non-hydrogen) atoms. The maximum Gasteiger partial charge on any atom is 0.573 e. The molecule has 0 spiro atoms. The molecule has 0 N–H and O–H groups in total. The molecule has 1 aliphatic carbocycles. The third kappa shape index (κ3) is 4.30. The molecule has 1 aromatic heterocycles. The summed E-state index contributed by atoms with van der Waals surface area (Å²) in [6, 6.07) is 3.15. The van der Waals surface area contributed by atoms with E-state index in [-0.39, 0.29) is 11.4 Å². The van der Waals surface area contributed by atoms with Gasteiger partial charge in [-0.1, -0.05) is 19.3 Å². The van der Waals surface area contributed by atoms with Crippen molar-refractivity contribution in [3.63, 3.8) is 0 Å². The van der Waals surface area contributed by atoms with Gasteiger partial charge in [-0.3, -0.25) is 0 Å². The smallest absolute Gasteiger partial charge is 0.404 e. The minimum absolute atomic E-state index is 0.148. The van der Waals surface area contributed by atoms with Crippen molar-refractivity contribution in [1.29, 1.82) is 5.26 Å². The van der Waals surface area contributed by atoms with Crippen LogP contribution in [0.4, 0.5) is 13.2 Å². The standard InChI is InChI=1S/C13H13F3N2OS/c14-13(15,16)19-9-6-12(11(7-17)18-8-9)20-10-4-2-1-3-5-10/h6,8,10H,1-5H2. The Bertz CT molecular complexity index is 507. The van der Waals surface area contributed by atoms with Crippen molar-refractivity contribution < 1.29 is 17.9 Å². The van der Waals surface area contributed by atoms with E-state index in [9.17, 15) is 13.2 Å². The number of nitriles is 1. The second kappa shape index (κ2) is 6.35. The van der Waals surface area contributed by atoms with Crippen LogP contribution in [0.3, 0.4) is 0 Å². The lowest BCUT2D eigenvalue weighted by Gasteiger charge is -2.21. The number of ether oxygens (including phenoxy) is 1. The highest BCUT2D eigenvalue weighted by Crippen LogP contribution is 2.36. The Labute approximate surface area is 119 Å². The van der Waals surface area contributed by atoms with Crippen molar-refractivity contribution in [3.05, 3.63) is 18.0 Å². The van der Waals surface area contributed by atoms with Gasteiger partial charge in [0.2, 0.25) is 0 Å². The highest BCUT2D eigenvalue weighted by Gasteiger charge is 2.31. The Morgan fingerprint density at radius 2 is 2.00 bits per heavy atom. The van der Waals surface area contributed by atoms with Crippen LogP contribution >= 0.6 is 11.8 Å². The van der Waals surface area contributed by atoms with E-state index in [0.29, 0.717) is 10.1 Å². The van der Waals surface area contributed by atoms with Crippen LogP contribution in [-0.2, 0) is 0 Å². The monoisotopic (exact) mass is 302 g/mol. The van der Waals surface area contributed by atoms with Crippen molar-refractivity contribution in [2.75, 3.05) is 0 Å². The van der Waals surface area contributed by atoms with Gasteiger partial charge in [0.15, 0.2) is 5.69 Å². The number of halogens is 3. The van der Waals surface area contributed by atoms with Crippen LogP contribution in [0.1, 0.15) is 37.8 Å². The maximum absolute atomic E-state index is 12.2. The minimum Gasteiger partial charge on any atom is -0.404 e. The topological polar surface area (TPSA) is 45.9 Å². The van der Waals surface area contributed by atoms with E-state index in [1.807, 2.05) is 6.07 Å². The van der Waals surface area contributed by atoms with E-state index in [4.69, 9.17) is 5.26 Å². The van der Waals surface area contributed by atoms with Gasteiger partial charge in [-0.25, -0.2) is 4.98 Å². The zero-order valence-electron chi connectivity index (χ0n) is 10.6. The molecule has 0 amide bonds. The lowest BCUT2D eigenvalue weighted by Crippen LogP contribution is -2.17. The largest absolute Gasteiger partial charge is 0.573 e. The Morgan fingerprint density at radius 1 is 1.30 bits per heavy atom. The molecule has 1 saturated carbocycles. The summed E-state index contributed by atoms with van der Waals surface area (Å²) in [5.41, 5.74) is 0.148. The van der Waals surface area contributed by atoms with E-state index in [0.717, 1.165) is 31.9 Å². The minimum atomic E-state index is -4.75. The zero-order chi connectivity index (χ0) is 14.6. The molecule has 0 saturated heterocycles. The molecule has 0 atom stereocenters. The molecule has 0 bridgehead atoms. The van der Waals surface area contributed by atoms with Crippen molar-refractivity contribution in [3.8, 4) is 11.8 Å². The van der Waals surface area contributed by atoms with Crippen molar-refractivity contribution in [1.82, 2.24) is 4.98 Å². The Morgan fingerprint density at radius 3 is 2.60 bits per heavy atom. The molecule has 1 fully saturated rings. The van der Waals surface area contributed by atoms with Crippen LogP contribution in [0.15, 0.2) is 17.2 Å². The second-order valence-corrected chi connectivity index (χ2v) is 5.90. The Balaban J connectivity index is 2.16. The molecule has 108 valence electrons. The van der Waals surface area contributed by atoms with E-state index in [1.54, 1.807) is 0 Å². The summed E-state index contributed by atoms with van der Waals surface area (Å²) in [5, 5.41) is 9.31. The van der Waals surface area contributed by atoms with E-state index in [2.05, 4.69) is 9.72 Å². The number of rotatable bonds is 3. The van der Waals surface area contributed by atoms with Crippen LogP contribution < -0.4 is 4.74 Å². The summed E-state index contributed by atoms with van der Waals surface area (Å²) in [6.07, 6.45) is 1.63. The van der Waals surface area contributed by atoms with Gasteiger partial charge in [0.05, 0.1) is 6.20 Å². The fourth-order valence-corrected chi connectivity index (χ4v) is 3.47. The maximum atomic E-state index is 12.2. The van der Waals surface area contributed by atoms with Crippen LogP contribution in [0.2, 0.25) is 0 Å². The van der Waals surface area contributed by atoms with Crippen LogP contribution in [0.5, 0.6) is 5.75 Å². The van der Waals surface area contributed by atoms with Crippen LogP contribution in [0.25, 0.3) is 0 Å². The first-order valence-electron chi connectivity index (χ1n) is 6.30. The average molecular weight is 302 g/mol. The second-order valence-electron chi connectivity index (χ2n) is 4.56. The van der Waals surface area contributed by atoms with Gasteiger partial charge in [-0.15, -0.1) is 24.9 Å². The summed E-state index contributed by atoms with van der Waals surface area (Å²) in [7, 11) is 0. The SMILES string of the molecule is N#Cc1ncc(OC(F)(F)F)cc1SC1CCCCC1. The summed E-state index contributed by atoms with van der Waals surface area (Å²) in [5.74, 6) is -0.380. The van der Waals surface area contributed by atoms with E-state index < -0.39 is 6.36 Å². The fourth-order valence-electron chi connectivity index (χ4n) is 2.15. The van der Waals surface area contributed by atoms with Gasteiger partial charge in [0.25, 0.3) is 0 Å². The molecule has 1 heterocycles. The number of nitrogens with zero attached hydrogens (tertiary/aromatic N) is 2. The molecular weight excluding hydrogens is 289 g/mol. The van der Waals surface area contributed by atoms with E-state index >= 15 is 0 Å². The zero-order valence-corrected chi connectivity index (χ0v) is 11.4. The number of alkyl halides is 3. The third-order valence-electron chi connectivity index (χ3n) is 3.01. The first-order chi connectivity index (χ1) is 9.48. The molecule has 2 rings (SSSR count). The third-order valence-corrected chi connectivity index (χ3v) is 4.38. The fraction of sp³-hybridized carbons (Fsp3) is 0.538. The van der Waals surface area contributed by atoms with Gasteiger partial charge >= 0.3 is 6.36 Å². The van der Waals surface area contributed by atoms with Gasteiger partial charge in [-0.2, -0.15) is 5.26 Å². The van der Waals surface area contributed by atoms with Crippen LogP contribution in [-0.4, -0.2) is 16.6 Å². The number of thioether (sulfide) groups is 1. The van der Waals surface area contributed by atoms with Crippen LogP contribution in [0, 0.1) is 11.3 Å². The van der Waals surface area contributed by atoms with Crippen molar-refractivity contribution in [2.24, 2.45) is 0 Å². The molecule has 1 aliphatic rings. The molecule has 0 radical (unpaired) electrons. The number of hydrogen-bond acceptors (Lipinski definition) is 4. The molecule has 7 heteroatoms. The first-order valence-corrected chi connectivity index (χ1v) is 7.18. The van der Waals surface area contributed by atoms with E-state index in [1.165, 1.54) is 24.2 Å². The quantitative estimate of drug-likeness (QED) is 0.836. The molecule has 1 aromatic rings. The highest BCUT2D eigenvalue weighted by atomic mass is 32.2. The molecule has 3 nitrogen and oxygen atoms in total. The molecule has 0 aromatic carbocycles. The van der Waals surface area contributed by atoms with Gasteiger partial charge < -0.3 is 4.74 Å². The average Bonchev–Trinajstić information content (AvgIpc) is 2.38. The number of hydrogen-bond donors (Lipinski definition) is 0. The summed E-state index contributed by atoms with van der Waals surface area (Å²) in [6.45, 7) is 0. The van der Waals surface area contributed by atoms with Crippen molar-refractivity contribution in [2.45, 2.75) is 48.6 Å². The molecule has 0 aliphatic heterocycles. The Hall–Kier alpha value is -1.42. The number of pyridine rings is 1. The molecular formula is C13H13F3N2OS. The Kier molecular flexibility index (Phi) is 4.76.